The van der Waals surface area contributed by atoms with Crippen molar-refractivity contribution in [3.63, 3.8) is 0 Å². The summed E-state index contributed by atoms with van der Waals surface area (Å²) in [7, 11) is 1.32. The second kappa shape index (κ2) is 5.44. The van der Waals surface area contributed by atoms with E-state index in [1.165, 1.54) is 7.11 Å². The van der Waals surface area contributed by atoms with Crippen LogP contribution in [0.5, 0.6) is 0 Å². The van der Waals surface area contributed by atoms with E-state index in [1.54, 1.807) is 0 Å². The summed E-state index contributed by atoms with van der Waals surface area (Å²) in [6.07, 6.45) is 1.50. The lowest BCUT2D eigenvalue weighted by Gasteiger charge is -1.95. The number of benzene rings is 1. The predicted molar refractivity (Wildman–Crippen MR) is 77.0 cm³/mol. The van der Waals surface area contributed by atoms with E-state index >= 15 is 0 Å². The highest BCUT2D eigenvalue weighted by Crippen LogP contribution is 2.29. The van der Waals surface area contributed by atoms with Crippen molar-refractivity contribution in [2.24, 2.45) is 0 Å². The summed E-state index contributed by atoms with van der Waals surface area (Å²) >= 11 is 0. The Kier molecular flexibility index (Phi) is 3.48. The Morgan fingerprint density at radius 2 is 2.10 bits per heavy atom. The molecule has 0 radical (unpaired) electrons. The number of ether oxygens (including phenoxy) is 1. The van der Waals surface area contributed by atoms with Crippen molar-refractivity contribution in [1.29, 1.82) is 0 Å². The van der Waals surface area contributed by atoms with E-state index in [0.29, 0.717) is 23.8 Å². The maximum atomic E-state index is 11.7. The summed E-state index contributed by atoms with van der Waals surface area (Å²) in [4.78, 5) is 16.1. The number of esters is 1. The number of carbonyl (C=O) groups excluding carboxylic acids is 1. The first-order valence-electron chi connectivity index (χ1n) is 6.80. The molecule has 3 aromatic rings. The summed E-state index contributed by atoms with van der Waals surface area (Å²) in [5.74, 6) is 0.432. The molecule has 21 heavy (non-hydrogen) atoms. The van der Waals surface area contributed by atoms with E-state index in [4.69, 9.17) is 13.6 Å². The largest absolute Gasteiger partial charge is 0.463 e. The van der Waals surface area contributed by atoms with Gasteiger partial charge in [0.15, 0.2) is 5.76 Å². The Morgan fingerprint density at radius 3 is 2.81 bits per heavy atom. The van der Waals surface area contributed by atoms with Crippen molar-refractivity contribution >= 4 is 16.9 Å². The van der Waals surface area contributed by atoms with Crippen LogP contribution < -0.4 is 0 Å². The van der Waals surface area contributed by atoms with Crippen LogP contribution in [0.2, 0.25) is 0 Å². The van der Waals surface area contributed by atoms with Crippen LogP contribution in [0.15, 0.2) is 39.2 Å². The van der Waals surface area contributed by atoms with Crippen LogP contribution in [0.25, 0.3) is 22.6 Å². The second-order valence-electron chi connectivity index (χ2n) is 4.68. The van der Waals surface area contributed by atoms with Gasteiger partial charge in [0, 0.05) is 5.39 Å². The maximum Gasteiger partial charge on any atom is 0.376 e. The molecule has 0 amide bonds. The number of oxazole rings is 1. The summed E-state index contributed by atoms with van der Waals surface area (Å²) in [6, 6.07) is 9.49. The Balaban J connectivity index is 2.07. The Bertz CT molecular complexity index is 752. The second-order valence-corrected chi connectivity index (χ2v) is 4.68. The summed E-state index contributed by atoms with van der Waals surface area (Å²) < 4.78 is 16.0. The van der Waals surface area contributed by atoms with Crippen molar-refractivity contribution < 1.29 is 18.4 Å². The molecule has 5 heteroatoms. The molecule has 0 aliphatic rings. The zero-order chi connectivity index (χ0) is 14.8. The lowest BCUT2D eigenvalue weighted by atomic mass is 10.2. The van der Waals surface area contributed by atoms with Gasteiger partial charge in [0.1, 0.15) is 5.58 Å². The minimum atomic E-state index is -0.520. The third-order valence-corrected chi connectivity index (χ3v) is 3.19. The molecule has 0 N–H and O–H groups in total. The lowest BCUT2D eigenvalue weighted by molar-refractivity contribution is 0.0564. The van der Waals surface area contributed by atoms with Crippen molar-refractivity contribution in [2.45, 2.75) is 19.8 Å². The van der Waals surface area contributed by atoms with Crippen LogP contribution >= 0.6 is 0 Å². The molecule has 0 unspecified atom stereocenters. The first-order valence-corrected chi connectivity index (χ1v) is 6.80. The minimum Gasteiger partial charge on any atom is -0.463 e. The first-order chi connectivity index (χ1) is 10.2. The fourth-order valence-electron chi connectivity index (χ4n) is 2.20. The zero-order valence-electron chi connectivity index (χ0n) is 11.9. The molecule has 0 saturated heterocycles. The van der Waals surface area contributed by atoms with E-state index < -0.39 is 5.97 Å². The number of carbonyl (C=O) groups is 1. The molecular weight excluding hydrogens is 270 g/mol. The van der Waals surface area contributed by atoms with Gasteiger partial charge in [-0.15, -0.1) is 0 Å². The average molecular weight is 285 g/mol. The third-order valence-electron chi connectivity index (χ3n) is 3.19. The van der Waals surface area contributed by atoms with Gasteiger partial charge in [-0.3, -0.25) is 0 Å². The van der Waals surface area contributed by atoms with E-state index in [9.17, 15) is 4.79 Å². The van der Waals surface area contributed by atoms with E-state index in [2.05, 4.69) is 4.98 Å². The van der Waals surface area contributed by atoms with Crippen LogP contribution in [0.4, 0.5) is 0 Å². The lowest BCUT2D eigenvalue weighted by Crippen LogP contribution is -2.03. The summed E-state index contributed by atoms with van der Waals surface area (Å²) in [6.45, 7) is 2.01. The average Bonchev–Trinajstić information content (AvgIpc) is 3.10. The topological polar surface area (TPSA) is 65.5 Å². The molecule has 108 valence electrons. The molecule has 2 heterocycles. The van der Waals surface area contributed by atoms with Crippen LogP contribution in [0.3, 0.4) is 0 Å². The van der Waals surface area contributed by atoms with Gasteiger partial charge in [0.05, 0.1) is 12.8 Å². The van der Waals surface area contributed by atoms with Crippen molar-refractivity contribution in [3.05, 3.63) is 41.8 Å². The van der Waals surface area contributed by atoms with Crippen LogP contribution in [-0.2, 0) is 11.2 Å². The molecular formula is C16H15NO4. The van der Waals surface area contributed by atoms with E-state index in [-0.39, 0.29) is 5.76 Å². The normalized spacial score (nSPS) is 11.0. The molecule has 0 spiro atoms. The molecule has 3 rings (SSSR count). The maximum absolute atomic E-state index is 11.7. The SMILES string of the molecule is CCCc1nc(-c2cc3ccccc3o2)oc1C(=O)OC. The molecule has 2 aromatic heterocycles. The number of hydrogen-bond acceptors (Lipinski definition) is 5. The first kappa shape index (κ1) is 13.4. The van der Waals surface area contributed by atoms with Crippen LogP contribution in [0.1, 0.15) is 29.6 Å². The number of nitrogens with zero attached hydrogens (tertiary/aromatic N) is 1. The summed E-state index contributed by atoms with van der Waals surface area (Å²) in [5, 5.41) is 0.961. The highest BCUT2D eigenvalue weighted by Gasteiger charge is 2.22. The van der Waals surface area contributed by atoms with Gasteiger partial charge in [-0.25, -0.2) is 9.78 Å². The van der Waals surface area contributed by atoms with Gasteiger partial charge in [-0.1, -0.05) is 31.5 Å². The predicted octanol–water partition coefficient (Wildman–Crippen LogP) is 3.83. The molecule has 0 atom stereocenters. The number of para-hydroxylation sites is 1. The molecule has 0 fully saturated rings. The highest BCUT2D eigenvalue weighted by atomic mass is 16.5. The van der Waals surface area contributed by atoms with Crippen molar-refractivity contribution in [1.82, 2.24) is 4.98 Å². The van der Waals surface area contributed by atoms with Gasteiger partial charge in [-0.05, 0) is 18.6 Å². The minimum absolute atomic E-state index is 0.148. The molecule has 0 saturated carbocycles. The fraction of sp³-hybridized carbons (Fsp3) is 0.250. The van der Waals surface area contributed by atoms with Gasteiger partial charge in [0.2, 0.25) is 5.76 Å². The molecule has 0 bridgehead atoms. The Hall–Kier alpha value is -2.56. The summed E-state index contributed by atoms with van der Waals surface area (Å²) in [5.41, 5.74) is 1.35. The number of methoxy groups -OCH3 is 1. The van der Waals surface area contributed by atoms with Gasteiger partial charge in [-0.2, -0.15) is 0 Å². The van der Waals surface area contributed by atoms with Crippen LogP contribution in [0, 0.1) is 0 Å². The van der Waals surface area contributed by atoms with E-state index in [0.717, 1.165) is 17.4 Å². The molecule has 0 aliphatic carbocycles. The fourth-order valence-corrected chi connectivity index (χ4v) is 2.20. The smallest absolute Gasteiger partial charge is 0.376 e. The van der Waals surface area contributed by atoms with Crippen LogP contribution in [-0.4, -0.2) is 18.1 Å². The number of aryl methyl sites for hydroxylation is 1. The van der Waals surface area contributed by atoms with Gasteiger partial charge < -0.3 is 13.6 Å². The number of fused-ring (bicyclic) bond motifs is 1. The zero-order valence-corrected chi connectivity index (χ0v) is 11.9. The number of aromatic nitrogens is 1. The molecule has 5 nitrogen and oxygen atoms in total. The van der Waals surface area contributed by atoms with Gasteiger partial charge >= 0.3 is 5.97 Å². The molecule has 0 aliphatic heterocycles. The number of hydrogen-bond donors (Lipinski definition) is 0. The third kappa shape index (κ3) is 2.42. The Morgan fingerprint density at radius 1 is 1.29 bits per heavy atom. The number of furan rings is 1. The van der Waals surface area contributed by atoms with Gasteiger partial charge in [0.25, 0.3) is 5.89 Å². The highest BCUT2D eigenvalue weighted by molar-refractivity contribution is 5.88. The molecule has 1 aromatic carbocycles. The van der Waals surface area contributed by atoms with Crippen molar-refractivity contribution in [3.8, 4) is 11.7 Å². The van der Waals surface area contributed by atoms with Crippen molar-refractivity contribution in [2.75, 3.05) is 7.11 Å². The quantitative estimate of drug-likeness (QED) is 0.682. The standard InChI is InChI=1S/C16H15NO4/c1-3-6-11-14(16(18)19-2)21-15(17-11)13-9-10-7-4-5-8-12(10)20-13/h4-5,7-9H,3,6H2,1-2H3. The Labute approximate surface area is 121 Å². The number of rotatable bonds is 4. The van der Waals surface area contributed by atoms with E-state index in [1.807, 2.05) is 37.3 Å². The monoisotopic (exact) mass is 285 g/mol.